The van der Waals surface area contributed by atoms with Crippen molar-refractivity contribution < 1.29 is 26.7 Å². The van der Waals surface area contributed by atoms with E-state index in [1.165, 1.54) is 30.3 Å². The topological polar surface area (TPSA) is 56.9 Å². The maximum Gasteiger partial charge on any atom is 0.314 e. The lowest BCUT2D eigenvalue weighted by Crippen LogP contribution is -2.37. The molecule has 0 aliphatic heterocycles. The molecule has 0 saturated heterocycles. The van der Waals surface area contributed by atoms with Crippen molar-refractivity contribution in [3.8, 4) is 11.3 Å². The smallest absolute Gasteiger partial charge is 0.314 e. The number of H-pyrrole nitrogens is 1. The molecule has 2 amide bonds. The summed E-state index contributed by atoms with van der Waals surface area (Å²) >= 11 is 0. The highest BCUT2D eigenvalue weighted by Gasteiger charge is 2.17. The third-order valence-corrected chi connectivity index (χ3v) is 4.37. The van der Waals surface area contributed by atoms with Crippen LogP contribution >= 0.6 is 0 Å². The zero-order chi connectivity index (χ0) is 21.0. The Kier molecular flexibility index (Phi) is 6.36. The molecule has 1 heterocycles. The van der Waals surface area contributed by atoms with Crippen molar-refractivity contribution in [1.82, 2.24) is 15.6 Å². The first-order valence-corrected chi connectivity index (χ1v) is 8.90. The van der Waals surface area contributed by atoms with Crippen molar-refractivity contribution in [3.05, 3.63) is 59.4 Å². The number of amides is 2. The fourth-order valence-corrected chi connectivity index (χ4v) is 3.05. The van der Waals surface area contributed by atoms with E-state index in [-0.39, 0.29) is 25.0 Å². The van der Waals surface area contributed by atoms with Crippen molar-refractivity contribution in [2.24, 2.45) is 0 Å². The van der Waals surface area contributed by atoms with Crippen molar-refractivity contribution in [2.75, 3.05) is 13.1 Å². The fourth-order valence-electron chi connectivity index (χ4n) is 3.05. The summed E-state index contributed by atoms with van der Waals surface area (Å²) in [5, 5.41) is 5.13. The number of nitrogens with one attached hydrogen (secondary N) is 3. The average Bonchev–Trinajstić information content (AvgIpc) is 3.01. The first-order valence-electron chi connectivity index (χ1n) is 8.90. The third-order valence-electron chi connectivity index (χ3n) is 4.37. The van der Waals surface area contributed by atoms with Gasteiger partial charge in [0.2, 0.25) is 6.43 Å². The summed E-state index contributed by atoms with van der Waals surface area (Å²) in [7, 11) is 0. The van der Waals surface area contributed by atoms with Crippen molar-refractivity contribution in [2.45, 2.75) is 19.3 Å². The van der Waals surface area contributed by atoms with Crippen LogP contribution in [0.15, 0.2) is 36.4 Å². The molecule has 0 aliphatic carbocycles. The average molecular weight is 411 g/mol. The SMILES string of the molecule is O=C(NCCc1c(-c2ccc(F)cc2)[nH]c2c(F)cc(F)cc12)NCCC(F)F. The molecule has 0 aliphatic rings. The van der Waals surface area contributed by atoms with Crippen LogP contribution < -0.4 is 10.6 Å². The number of carbonyl (C=O) groups is 1. The Morgan fingerprint density at radius 3 is 2.34 bits per heavy atom. The van der Waals surface area contributed by atoms with E-state index < -0.39 is 36.3 Å². The number of benzene rings is 2. The summed E-state index contributed by atoms with van der Waals surface area (Å²) in [6, 6.07) is 6.81. The highest BCUT2D eigenvalue weighted by molar-refractivity contribution is 5.91. The van der Waals surface area contributed by atoms with Gasteiger partial charge in [-0.15, -0.1) is 0 Å². The number of aromatic amines is 1. The predicted octanol–water partition coefficient (Wildman–Crippen LogP) is 4.75. The first-order chi connectivity index (χ1) is 13.8. The van der Waals surface area contributed by atoms with Gasteiger partial charge < -0.3 is 15.6 Å². The Morgan fingerprint density at radius 1 is 0.966 bits per heavy atom. The maximum absolute atomic E-state index is 14.2. The predicted molar refractivity (Wildman–Crippen MR) is 99.3 cm³/mol. The summed E-state index contributed by atoms with van der Waals surface area (Å²) in [6.07, 6.45) is -2.76. The molecule has 0 saturated carbocycles. The van der Waals surface area contributed by atoms with Gasteiger partial charge in [0, 0.05) is 36.7 Å². The molecule has 1 aromatic heterocycles. The van der Waals surface area contributed by atoms with E-state index in [4.69, 9.17) is 0 Å². The van der Waals surface area contributed by atoms with Gasteiger partial charge in [-0.05, 0) is 47.9 Å². The number of hydrogen-bond donors (Lipinski definition) is 3. The standard InChI is InChI=1S/C20H18F5N3O/c21-12-3-1-11(2-4-12)18-14(5-7-26-20(29)27-8-6-17(24)25)15-9-13(22)10-16(23)19(15)28-18/h1-4,9-10,17,28H,5-8H2,(H2,26,27,29). The largest absolute Gasteiger partial charge is 0.352 e. The van der Waals surface area contributed by atoms with Gasteiger partial charge in [0.1, 0.15) is 17.5 Å². The quantitative estimate of drug-likeness (QED) is 0.483. The number of halogens is 5. The second-order valence-corrected chi connectivity index (χ2v) is 6.41. The molecule has 29 heavy (non-hydrogen) atoms. The van der Waals surface area contributed by atoms with Gasteiger partial charge in [0.05, 0.1) is 5.52 Å². The van der Waals surface area contributed by atoms with Gasteiger partial charge in [0.15, 0.2) is 0 Å². The molecule has 4 nitrogen and oxygen atoms in total. The molecular weight excluding hydrogens is 393 g/mol. The zero-order valence-electron chi connectivity index (χ0n) is 15.2. The second-order valence-electron chi connectivity index (χ2n) is 6.41. The normalized spacial score (nSPS) is 11.2. The molecule has 0 atom stereocenters. The van der Waals surface area contributed by atoms with Crippen LogP contribution in [0.3, 0.4) is 0 Å². The van der Waals surface area contributed by atoms with Crippen LogP contribution in [-0.4, -0.2) is 30.5 Å². The van der Waals surface area contributed by atoms with Crippen molar-refractivity contribution >= 4 is 16.9 Å². The van der Waals surface area contributed by atoms with Crippen LogP contribution in [0.4, 0.5) is 26.7 Å². The van der Waals surface area contributed by atoms with Crippen LogP contribution in [-0.2, 0) is 6.42 Å². The lowest BCUT2D eigenvalue weighted by Gasteiger charge is -2.09. The van der Waals surface area contributed by atoms with Crippen LogP contribution in [0.5, 0.6) is 0 Å². The molecule has 0 bridgehead atoms. The Morgan fingerprint density at radius 2 is 1.66 bits per heavy atom. The van der Waals surface area contributed by atoms with E-state index >= 15 is 0 Å². The minimum atomic E-state index is -2.51. The van der Waals surface area contributed by atoms with Gasteiger partial charge in [0.25, 0.3) is 0 Å². The molecular formula is C20H18F5N3O. The number of urea groups is 1. The molecule has 3 rings (SSSR count). The zero-order valence-corrected chi connectivity index (χ0v) is 15.2. The Balaban J connectivity index is 1.82. The van der Waals surface area contributed by atoms with E-state index in [0.717, 1.165) is 6.07 Å². The molecule has 3 aromatic rings. The van der Waals surface area contributed by atoms with Gasteiger partial charge in [-0.2, -0.15) is 0 Å². The monoisotopic (exact) mass is 411 g/mol. The lowest BCUT2D eigenvalue weighted by atomic mass is 10.0. The van der Waals surface area contributed by atoms with Crippen LogP contribution in [0.25, 0.3) is 22.2 Å². The van der Waals surface area contributed by atoms with Crippen molar-refractivity contribution in [3.63, 3.8) is 0 Å². The van der Waals surface area contributed by atoms with Crippen LogP contribution in [0, 0.1) is 17.5 Å². The molecule has 2 aromatic carbocycles. The molecule has 3 N–H and O–H groups in total. The molecule has 0 unspecified atom stereocenters. The van der Waals surface area contributed by atoms with Gasteiger partial charge in [-0.1, -0.05) is 0 Å². The Hall–Kier alpha value is -3.10. The third kappa shape index (κ3) is 5.04. The van der Waals surface area contributed by atoms with Crippen LogP contribution in [0.1, 0.15) is 12.0 Å². The van der Waals surface area contributed by atoms with E-state index in [1.54, 1.807) is 0 Å². The minimum Gasteiger partial charge on any atom is -0.352 e. The summed E-state index contributed by atoms with van der Waals surface area (Å²) < 4.78 is 65.4. The number of rotatable bonds is 7. The van der Waals surface area contributed by atoms with E-state index in [9.17, 15) is 26.7 Å². The van der Waals surface area contributed by atoms with E-state index in [2.05, 4.69) is 15.6 Å². The summed E-state index contributed by atoms with van der Waals surface area (Å²) in [5.74, 6) is -1.96. The Bertz CT molecular complexity index is 1000. The van der Waals surface area contributed by atoms with Gasteiger partial charge in [-0.3, -0.25) is 0 Å². The highest BCUT2D eigenvalue weighted by Crippen LogP contribution is 2.32. The fraction of sp³-hybridized carbons (Fsp3) is 0.250. The molecule has 0 radical (unpaired) electrons. The first kappa shape index (κ1) is 20.6. The lowest BCUT2D eigenvalue weighted by molar-refractivity contribution is 0.138. The van der Waals surface area contributed by atoms with E-state index in [1.807, 2.05) is 0 Å². The highest BCUT2D eigenvalue weighted by atomic mass is 19.3. The molecule has 0 spiro atoms. The molecule has 0 fully saturated rings. The molecule has 9 heteroatoms. The number of carbonyl (C=O) groups excluding carboxylic acids is 1. The van der Waals surface area contributed by atoms with Gasteiger partial charge in [-0.25, -0.2) is 26.7 Å². The van der Waals surface area contributed by atoms with Crippen molar-refractivity contribution in [1.29, 1.82) is 0 Å². The van der Waals surface area contributed by atoms with E-state index in [0.29, 0.717) is 22.2 Å². The minimum absolute atomic E-state index is 0.0970. The second kappa shape index (κ2) is 8.93. The summed E-state index contributed by atoms with van der Waals surface area (Å²) in [5.41, 5.74) is 1.68. The number of aromatic nitrogens is 1. The number of fused-ring (bicyclic) bond motifs is 1. The number of hydrogen-bond acceptors (Lipinski definition) is 1. The van der Waals surface area contributed by atoms with Crippen LogP contribution in [0.2, 0.25) is 0 Å². The number of alkyl halides is 2. The Labute approximate surface area is 163 Å². The molecule has 154 valence electrons. The summed E-state index contributed by atoms with van der Waals surface area (Å²) in [6.45, 7) is -0.0758. The maximum atomic E-state index is 14.2. The van der Waals surface area contributed by atoms with Gasteiger partial charge >= 0.3 is 6.03 Å². The summed E-state index contributed by atoms with van der Waals surface area (Å²) in [4.78, 5) is 14.6.